The number of carbonyl (C=O) groups excluding carboxylic acids is 1. The molecule has 0 aliphatic carbocycles. The van der Waals surface area contributed by atoms with E-state index in [0.717, 1.165) is 30.5 Å². The first-order chi connectivity index (χ1) is 12.5. The summed E-state index contributed by atoms with van der Waals surface area (Å²) in [5.41, 5.74) is 1.82. The Bertz CT molecular complexity index is 802. The molecule has 3 aliphatic rings. The lowest BCUT2D eigenvalue weighted by molar-refractivity contribution is -0.119. The number of rotatable bonds is 5. The highest BCUT2D eigenvalue weighted by molar-refractivity contribution is 7.89. The van der Waals surface area contributed by atoms with E-state index in [2.05, 4.69) is 10.0 Å². The van der Waals surface area contributed by atoms with Gasteiger partial charge >= 0.3 is 0 Å². The lowest BCUT2D eigenvalue weighted by Gasteiger charge is -2.30. The Hall–Kier alpha value is -1.15. The lowest BCUT2D eigenvalue weighted by atomic mass is 9.89. The first-order valence-corrected chi connectivity index (χ1v) is 11.1. The maximum atomic E-state index is 12.9. The minimum Gasteiger partial charge on any atom is -0.312 e. The number of fused-ring (bicyclic) bond motifs is 3. The molecule has 2 unspecified atom stereocenters. The van der Waals surface area contributed by atoms with Crippen LogP contribution in [0, 0.1) is 5.92 Å². The number of amides is 1. The average molecular weight is 414 g/mol. The van der Waals surface area contributed by atoms with E-state index >= 15 is 0 Å². The highest BCUT2D eigenvalue weighted by Crippen LogP contribution is 2.35. The summed E-state index contributed by atoms with van der Waals surface area (Å²) in [5.74, 6) is 0.576. The summed E-state index contributed by atoms with van der Waals surface area (Å²) < 4.78 is 27.1. The van der Waals surface area contributed by atoms with Gasteiger partial charge in [-0.25, -0.2) is 13.1 Å². The maximum absolute atomic E-state index is 12.9. The van der Waals surface area contributed by atoms with Crippen LogP contribution in [0.4, 0.5) is 5.69 Å². The van der Waals surface area contributed by atoms with Gasteiger partial charge in [-0.2, -0.15) is 0 Å². The highest BCUT2D eigenvalue weighted by atomic mass is 35.5. The Balaban J connectivity index is 0.00000210. The van der Waals surface area contributed by atoms with Crippen LogP contribution in [0.15, 0.2) is 23.1 Å². The van der Waals surface area contributed by atoms with Crippen molar-refractivity contribution in [3.63, 3.8) is 0 Å². The summed E-state index contributed by atoms with van der Waals surface area (Å²) in [4.78, 5) is 15.0. The van der Waals surface area contributed by atoms with E-state index in [1.165, 1.54) is 12.8 Å². The van der Waals surface area contributed by atoms with Crippen LogP contribution in [-0.4, -0.2) is 39.5 Å². The Kier molecular flexibility index (Phi) is 6.15. The van der Waals surface area contributed by atoms with Gasteiger partial charge in [-0.15, -0.1) is 12.4 Å². The van der Waals surface area contributed by atoms with Crippen LogP contribution in [0.3, 0.4) is 0 Å². The fourth-order valence-corrected chi connectivity index (χ4v) is 5.82. The predicted molar refractivity (Wildman–Crippen MR) is 108 cm³/mol. The fourth-order valence-electron chi connectivity index (χ4n) is 4.76. The van der Waals surface area contributed by atoms with Crippen LogP contribution >= 0.6 is 12.4 Å². The molecule has 4 rings (SSSR count). The smallest absolute Gasteiger partial charge is 0.240 e. The molecule has 8 heteroatoms. The summed E-state index contributed by atoms with van der Waals surface area (Å²) >= 11 is 0. The molecule has 2 saturated heterocycles. The highest BCUT2D eigenvalue weighted by Gasteiger charge is 2.36. The van der Waals surface area contributed by atoms with Crippen LogP contribution < -0.4 is 14.9 Å². The number of nitrogens with zero attached hydrogens (tertiary/aromatic N) is 1. The second kappa shape index (κ2) is 8.07. The monoisotopic (exact) mass is 413 g/mol. The molecule has 27 heavy (non-hydrogen) atoms. The quantitative estimate of drug-likeness (QED) is 0.775. The van der Waals surface area contributed by atoms with Crippen molar-refractivity contribution in [1.29, 1.82) is 0 Å². The summed E-state index contributed by atoms with van der Waals surface area (Å²) in [6.07, 6.45) is 5.98. The third-order valence-electron chi connectivity index (χ3n) is 5.93. The maximum Gasteiger partial charge on any atom is 0.240 e. The van der Waals surface area contributed by atoms with Crippen molar-refractivity contribution in [3.05, 3.63) is 23.8 Å². The van der Waals surface area contributed by atoms with Crippen LogP contribution in [-0.2, 0) is 21.2 Å². The zero-order valence-corrected chi connectivity index (χ0v) is 17.2. The SMILES string of the molecule is CCNS(=O)(=O)c1ccc2c(c1)N(C(=O)CC1CC3CCC(C1)N3)CC2.Cl. The van der Waals surface area contributed by atoms with Crippen molar-refractivity contribution < 1.29 is 13.2 Å². The first-order valence-electron chi connectivity index (χ1n) is 9.65. The molecular weight excluding hydrogens is 386 g/mol. The molecule has 3 heterocycles. The van der Waals surface area contributed by atoms with Crippen molar-refractivity contribution in [3.8, 4) is 0 Å². The zero-order chi connectivity index (χ0) is 18.3. The lowest BCUT2D eigenvalue weighted by Crippen LogP contribution is -2.40. The third-order valence-corrected chi connectivity index (χ3v) is 7.48. The minimum atomic E-state index is -3.51. The van der Waals surface area contributed by atoms with Gasteiger partial charge in [-0.3, -0.25) is 4.79 Å². The van der Waals surface area contributed by atoms with E-state index in [9.17, 15) is 13.2 Å². The Labute approximate surface area is 167 Å². The zero-order valence-electron chi connectivity index (χ0n) is 15.6. The predicted octanol–water partition coefficient (Wildman–Crippen LogP) is 2.22. The van der Waals surface area contributed by atoms with Crippen LogP contribution in [0.5, 0.6) is 0 Å². The molecule has 1 aromatic carbocycles. The second-order valence-electron chi connectivity index (χ2n) is 7.77. The molecule has 1 amide bonds. The van der Waals surface area contributed by atoms with Gasteiger partial charge in [0.2, 0.25) is 15.9 Å². The van der Waals surface area contributed by atoms with Crippen molar-refractivity contribution in [2.75, 3.05) is 18.0 Å². The standard InChI is InChI=1S/C19H27N3O3S.ClH/c1-2-20-26(24,25)17-6-3-14-7-8-22(18(14)12-17)19(23)11-13-9-15-4-5-16(10-13)21-15;/h3,6,12-13,15-16,20-21H,2,4-5,7-11H2,1H3;1H. The molecule has 3 aliphatic heterocycles. The van der Waals surface area contributed by atoms with Crippen molar-refractivity contribution in [1.82, 2.24) is 10.0 Å². The number of carbonyl (C=O) groups is 1. The number of piperidine rings is 1. The van der Waals surface area contributed by atoms with E-state index in [0.29, 0.717) is 37.5 Å². The van der Waals surface area contributed by atoms with Crippen molar-refractivity contribution in [2.24, 2.45) is 5.92 Å². The molecular formula is C19H28ClN3O3S. The van der Waals surface area contributed by atoms with Gasteiger partial charge in [-0.05, 0) is 55.7 Å². The Morgan fingerprint density at radius 3 is 2.63 bits per heavy atom. The molecule has 1 aromatic rings. The van der Waals surface area contributed by atoms with Crippen molar-refractivity contribution in [2.45, 2.75) is 62.4 Å². The molecule has 0 saturated carbocycles. The number of hydrogen-bond donors (Lipinski definition) is 2. The first kappa shape index (κ1) is 20.6. The number of halogens is 1. The largest absolute Gasteiger partial charge is 0.312 e. The minimum absolute atomic E-state index is 0. The van der Waals surface area contributed by atoms with Gasteiger partial charge in [-0.1, -0.05) is 13.0 Å². The van der Waals surface area contributed by atoms with E-state index in [1.807, 2.05) is 6.07 Å². The average Bonchev–Trinajstić information content (AvgIpc) is 3.17. The third kappa shape index (κ3) is 4.16. The summed E-state index contributed by atoms with van der Waals surface area (Å²) in [5, 5.41) is 3.62. The van der Waals surface area contributed by atoms with E-state index < -0.39 is 10.0 Å². The Morgan fingerprint density at radius 2 is 1.96 bits per heavy atom. The van der Waals surface area contributed by atoms with Crippen molar-refractivity contribution >= 4 is 34.0 Å². The molecule has 150 valence electrons. The van der Waals surface area contributed by atoms with Gasteiger partial charge in [0.05, 0.1) is 4.90 Å². The molecule has 2 fully saturated rings. The number of anilines is 1. The summed E-state index contributed by atoms with van der Waals surface area (Å²) in [7, 11) is -3.51. The number of sulfonamides is 1. The molecule has 6 nitrogen and oxygen atoms in total. The number of nitrogens with one attached hydrogen (secondary N) is 2. The van der Waals surface area contributed by atoms with E-state index in [-0.39, 0.29) is 23.2 Å². The molecule has 2 N–H and O–H groups in total. The normalized spacial score (nSPS) is 26.6. The number of hydrogen-bond acceptors (Lipinski definition) is 4. The van der Waals surface area contributed by atoms with Gasteiger partial charge in [0.15, 0.2) is 0 Å². The summed E-state index contributed by atoms with van der Waals surface area (Å²) in [6.45, 7) is 2.75. The molecule has 2 atom stereocenters. The molecule has 0 spiro atoms. The van der Waals surface area contributed by atoms with E-state index in [4.69, 9.17) is 0 Å². The van der Waals surface area contributed by atoms with Gasteiger partial charge < -0.3 is 10.2 Å². The summed E-state index contributed by atoms with van der Waals surface area (Å²) in [6, 6.07) is 6.29. The molecule has 0 radical (unpaired) electrons. The molecule has 0 aromatic heterocycles. The van der Waals surface area contributed by atoms with Crippen LogP contribution in [0.25, 0.3) is 0 Å². The molecule has 2 bridgehead atoms. The Morgan fingerprint density at radius 1 is 1.26 bits per heavy atom. The fraction of sp³-hybridized carbons (Fsp3) is 0.632. The van der Waals surface area contributed by atoms with Gasteiger partial charge in [0.25, 0.3) is 0 Å². The van der Waals surface area contributed by atoms with Crippen LogP contribution in [0.2, 0.25) is 0 Å². The van der Waals surface area contributed by atoms with Gasteiger partial charge in [0.1, 0.15) is 0 Å². The second-order valence-corrected chi connectivity index (χ2v) is 9.53. The van der Waals surface area contributed by atoms with Crippen LogP contribution in [0.1, 0.15) is 44.6 Å². The number of benzene rings is 1. The van der Waals surface area contributed by atoms with Gasteiger partial charge in [0, 0.05) is 37.3 Å². The van der Waals surface area contributed by atoms with E-state index in [1.54, 1.807) is 24.0 Å². The topological polar surface area (TPSA) is 78.5 Å².